The summed E-state index contributed by atoms with van der Waals surface area (Å²) in [5, 5.41) is 3.41. The van der Waals surface area contributed by atoms with Gasteiger partial charge in [-0.25, -0.2) is 12.8 Å². The second-order valence-corrected chi connectivity index (χ2v) is 7.80. The van der Waals surface area contributed by atoms with E-state index in [1.54, 1.807) is 4.31 Å². The molecule has 1 saturated heterocycles. The van der Waals surface area contributed by atoms with Crippen molar-refractivity contribution in [1.82, 2.24) is 9.62 Å². The molecule has 1 atom stereocenters. The topological polar surface area (TPSA) is 49.4 Å². The molecule has 21 heavy (non-hydrogen) atoms. The second kappa shape index (κ2) is 6.02. The van der Waals surface area contributed by atoms with Crippen LogP contribution in [0, 0.1) is 5.82 Å². The molecule has 3 rings (SSSR count). The highest BCUT2D eigenvalue weighted by atomic mass is 32.2. The van der Waals surface area contributed by atoms with E-state index in [9.17, 15) is 12.8 Å². The van der Waals surface area contributed by atoms with Crippen LogP contribution in [0.25, 0.3) is 0 Å². The van der Waals surface area contributed by atoms with Gasteiger partial charge in [0.2, 0.25) is 10.0 Å². The Bertz CT molecular complexity index is 601. The smallest absolute Gasteiger partial charge is 0.243 e. The van der Waals surface area contributed by atoms with Gasteiger partial charge in [-0.1, -0.05) is 12.5 Å². The van der Waals surface area contributed by atoms with Gasteiger partial charge in [0, 0.05) is 25.2 Å². The lowest BCUT2D eigenvalue weighted by molar-refractivity contribution is 0.245. The third-order valence-electron chi connectivity index (χ3n) is 4.20. The van der Waals surface area contributed by atoms with E-state index in [2.05, 4.69) is 5.32 Å². The molecule has 116 valence electrons. The summed E-state index contributed by atoms with van der Waals surface area (Å²) in [6.45, 7) is 1.22. The van der Waals surface area contributed by atoms with E-state index in [1.165, 1.54) is 31.0 Å². The molecule has 4 nitrogen and oxygen atoms in total. The molecular weight excluding hydrogens is 291 g/mol. The van der Waals surface area contributed by atoms with Crippen molar-refractivity contribution in [1.29, 1.82) is 0 Å². The van der Waals surface area contributed by atoms with Gasteiger partial charge < -0.3 is 5.32 Å². The number of hydrogen-bond donors (Lipinski definition) is 1. The third-order valence-corrected chi connectivity index (χ3v) is 6.14. The van der Waals surface area contributed by atoms with Gasteiger partial charge >= 0.3 is 0 Å². The molecule has 1 aliphatic heterocycles. The quantitative estimate of drug-likeness (QED) is 0.906. The minimum atomic E-state index is -3.61. The Hall–Kier alpha value is -0.980. The molecule has 1 saturated carbocycles. The van der Waals surface area contributed by atoms with Crippen LogP contribution in [0.15, 0.2) is 29.2 Å². The van der Waals surface area contributed by atoms with E-state index in [-0.39, 0.29) is 10.9 Å². The molecule has 6 heteroatoms. The number of rotatable bonds is 5. The first-order valence-electron chi connectivity index (χ1n) is 7.58. The molecule has 1 unspecified atom stereocenters. The lowest BCUT2D eigenvalue weighted by Gasteiger charge is -2.35. The highest BCUT2D eigenvalue weighted by Gasteiger charge is 2.34. The Morgan fingerprint density at radius 2 is 2.05 bits per heavy atom. The molecule has 1 aromatic rings. The van der Waals surface area contributed by atoms with Crippen molar-refractivity contribution in [3.63, 3.8) is 0 Å². The first kappa shape index (κ1) is 14.9. The first-order chi connectivity index (χ1) is 10.1. The third kappa shape index (κ3) is 3.44. The Balaban J connectivity index is 1.80. The van der Waals surface area contributed by atoms with Gasteiger partial charge in [0.15, 0.2) is 0 Å². The van der Waals surface area contributed by atoms with Crippen molar-refractivity contribution in [3.8, 4) is 0 Å². The maximum Gasteiger partial charge on any atom is 0.243 e. The zero-order chi connectivity index (χ0) is 14.9. The van der Waals surface area contributed by atoms with Crippen LogP contribution in [-0.4, -0.2) is 37.9 Å². The van der Waals surface area contributed by atoms with E-state index in [0.717, 1.165) is 25.3 Å². The molecule has 1 aromatic carbocycles. The van der Waals surface area contributed by atoms with Gasteiger partial charge in [0.1, 0.15) is 5.82 Å². The summed E-state index contributed by atoms with van der Waals surface area (Å²) in [5.74, 6) is -0.513. The molecule has 0 amide bonds. The lowest BCUT2D eigenvalue weighted by atomic mass is 10.1. The summed E-state index contributed by atoms with van der Waals surface area (Å²) in [6.07, 6.45) is 5.15. The summed E-state index contributed by atoms with van der Waals surface area (Å²) >= 11 is 0. The molecule has 0 bridgehead atoms. The molecular formula is C15H21FN2O2S. The van der Waals surface area contributed by atoms with Gasteiger partial charge in [-0.2, -0.15) is 4.31 Å². The number of benzene rings is 1. The van der Waals surface area contributed by atoms with Gasteiger partial charge in [-0.15, -0.1) is 0 Å². The average Bonchev–Trinajstić information content (AvgIpc) is 3.29. The monoisotopic (exact) mass is 312 g/mol. The second-order valence-electron chi connectivity index (χ2n) is 5.91. The summed E-state index contributed by atoms with van der Waals surface area (Å²) in [6, 6.07) is 5.83. The minimum Gasteiger partial charge on any atom is -0.312 e. The van der Waals surface area contributed by atoms with Crippen LogP contribution in [0.1, 0.15) is 32.1 Å². The van der Waals surface area contributed by atoms with Crippen LogP contribution in [-0.2, 0) is 10.0 Å². The fourth-order valence-electron chi connectivity index (χ4n) is 2.85. The van der Waals surface area contributed by atoms with E-state index in [0.29, 0.717) is 19.1 Å². The molecule has 1 N–H and O–H groups in total. The number of halogens is 1. The van der Waals surface area contributed by atoms with Crippen LogP contribution >= 0.6 is 0 Å². The van der Waals surface area contributed by atoms with E-state index in [4.69, 9.17) is 0 Å². The maximum absolute atomic E-state index is 13.3. The standard InChI is InChI=1S/C15H21FN2O2S/c16-12-4-3-6-15(10-12)21(19,20)18-9-2-1-5-14(18)11-17-13-7-8-13/h3-4,6,10,13-14,17H,1-2,5,7-9,11H2. The predicted octanol–water partition coefficient (Wildman–Crippen LogP) is 2.12. The fourth-order valence-corrected chi connectivity index (χ4v) is 4.57. The normalized spacial score (nSPS) is 24.1. The van der Waals surface area contributed by atoms with Crippen molar-refractivity contribution in [2.45, 2.75) is 49.1 Å². The van der Waals surface area contributed by atoms with Gasteiger partial charge in [0.05, 0.1) is 4.90 Å². The van der Waals surface area contributed by atoms with E-state index >= 15 is 0 Å². The molecule has 0 spiro atoms. The summed E-state index contributed by atoms with van der Waals surface area (Å²) in [5.41, 5.74) is 0. The zero-order valence-electron chi connectivity index (χ0n) is 12.0. The Labute approximate surface area is 125 Å². The van der Waals surface area contributed by atoms with Crippen LogP contribution in [0.3, 0.4) is 0 Å². The lowest BCUT2D eigenvalue weighted by Crippen LogP contribution is -2.48. The van der Waals surface area contributed by atoms with Crippen molar-refractivity contribution < 1.29 is 12.8 Å². The van der Waals surface area contributed by atoms with E-state index in [1.807, 2.05) is 0 Å². The highest BCUT2D eigenvalue weighted by molar-refractivity contribution is 7.89. The number of sulfonamides is 1. The van der Waals surface area contributed by atoms with Crippen molar-refractivity contribution in [2.24, 2.45) is 0 Å². The zero-order valence-corrected chi connectivity index (χ0v) is 12.8. The Kier molecular flexibility index (Phi) is 4.28. The van der Waals surface area contributed by atoms with Crippen molar-refractivity contribution in [2.75, 3.05) is 13.1 Å². The molecule has 0 aromatic heterocycles. The van der Waals surface area contributed by atoms with Crippen LogP contribution < -0.4 is 5.32 Å². The number of piperidine rings is 1. The highest BCUT2D eigenvalue weighted by Crippen LogP contribution is 2.26. The van der Waals surface area contributed by atoms with Crippen LogP contribution in [0.5, 0.6) is 0 Å². The number of nitrogens with zero attached hydrogens (tertiary/aromatic N) is 1. The molecule has 0 radical (unpaired) electrons. The summed E-state index contributed by atoms with van der Waals surface area (Å²) < 4.78 is 40.4. The summed E-state index contributed by atoms with van der Waals surface area (Å²) in [4.78, 5) is 0.0563. The van der Waals surface area contributed by atoms with Crippen molar-refractivity contribution in [3.05, 3.63) is 30.1 Å². The number of hydrogen-bond acceptors (Lipinski definition) is 3. The van der Waals surface area contributed by atoms with Crippen LogP contribution in [0.2, 0.25) is 0 Å². The van der Waals surface area contributed by atoms with Gasteiger partial charge in [-0.05, 0) is 43.9 Å². The maximum atomic E-state index is 13.3. The van der Waals surface area contributed by atoms with Gasteiger partial charge in [-0.3, -0.25) is 0 Å². The summed E-state index contributed by atoms with van der Waals surface area (Å²) in [7, 11) is -3.61. The number of nitrogens with one attached hydrogen (secondary N) is 1. The van der Waals surface area contributed by atoms with Gasteiger partial charge in [0.25, 0.3) is 0 Å². The fraction of sp³-hybridized carbons (Fsp3) is 0.600. The Morgan fingerprint density at radius 3 is 2.76 bits per heavy atom. The molecule has 2 fully saturated rings. The van der Waals surface area contributed by atoms with Crippen molar-refractivity contribution >= 4 is 10.0 Å². The first-order valence-corrected chi connectivity index (χ1v) is 9.02. The van der Waals surface area contributed by atoms with Crippen LogP contribution in [0.4, 0.5) is 4.39 Å². The SMILES string of the molecule is O=S(=O)(c1cccc(F)c1)N1CCCCC1CNC1CC1. The molecule has 1 heterocycles. The largest absolute Gasteiger partial charge is 0.312 e. The minimum absolute atomic E-state index is 0.0207. The predicted molar refractivity (Wildman–Crippen MR) is 79.0 cm³/mol. The molecule has 1 aliphatic carbocycles. The average molecular weight is 312 g/mol. The van der Waals surface area contributed by atoms with E-state index < -0.39 is 15.8 Å². The Morgan fingerprint density at radius 1 is 1.24 bits per heavy atom. The molecule has 2 aliphatic rings.